The first kappa shape index (κ1) is 30.8. The quantitative estimate of drug-likeness (QED) is 0.154. The molecule has 1 amide bonds. The van der Waals surface area contributed by atoms with E-state index in [2.05, 4.69) is 93.1 Å². The molecule has 1 saturated carbocycles. The number of fused-ring (bicyclic) bond motifs is 1. The third-order valence-corrected chi connectivity index (χ3v) is 9.28. The Balaban J connectivity index is 1.04. The van der Waals surface area contributed by atoms with Crippen LogP contribution in [0.3, 0.4) is 0 Å². The van der Waals surface area contributed by atoms with Gasteiger partial charge in [0.05, 0.1) is 23.1 Å². The number of hydrogen-bond acceptors (Lipinski definition) is 5. The molecule has 47 heavy (non-hydrogen) atoms. The molecular weight excluding hydrogens is 580 g/mol. The van der Waals surface area contributed by atoms with Crippen LogP contribution in [0.15, 0.2) is 97.3 Å². The second-order valence-corrected chi connectivity index (χ2v) is 12.8. The summed E-state index contributed by atoms with van der Waals surface area (Å²) in [6.07, 6.45) is 14.7. The van der Waals surface area contributed by atoms with E-state index >= 15 is 0 Å². The molecule has 1 aliphatic carbocycles. The maximum atomic E-state index is 13.7. The van der Waals surface area contributed by atoms with Gasteiger partial charge >= 0.3 is 0 Å². The fourth-order valence-electron chi connectivity index (χ4n) is 6.46. The lowest BCUT2D eigenvalue weighted by atomic mass is 10.00. The Labute approximate surface area is 277 Å². The maximum Gasteiger partial charge on any atom is 0.254 e. The third kappa shape index (κ3) is 7.26. The smallest absolute Gasteiger partial charge is 0.254 e. The lowest BCUT2D eigenvalue weighted by Gasteiger charge is -2.21. The number of hydrogen-bond donors (Lipinski definition) is 0. The van der Waals surface area contributed by atoms with Crippen LogP contribution in [0, 0.1) is 13.8 Å². The van der Waals surface area contributed by atoms with Crippen LogP contribution in [-0.4, -0.2) is 67.4 Å². The van der Waals surface area contributed by atoms with Gasteiger partial charge < -0.3 is 9.47 Å². The van der Waals surface area contributed by atoms with E-state index in [1.165, 1.54) is 29.5 Å². The molecule has 0 N–H and O–H groups in total. The lowest BCUT2D eigenvalue weighted by Crippen LogP contribution is -2.33. The molecule has 7 heteroatoms. The van der Waals surface area contributed by atoms with Gasteiger partial charge in [-0.15, -0.1) is 0 Å². The molecule has 1 saturated heterocycles. The van der Waals surface area contributed by atoms with Crippen molar-refractivity contribution in [2.75, 3.05) is 26.2 Å². The van der Waals surface area contributed by atoms with Crippen molar-refractivity contribution in [3.8, 4) is 0 Å². The zero-order chi connectivity index (χ0) is 32.2. The number of pyridine rings is 2. The van der Waals surface area contributed by atoms with Gasteiger partial charge in [0.15, 0.2) is 0 Å². The van der Waals surface area contributed by atoms with Crippen molar-refractivity contribution in [1.82, 2.24) is 29.3 Å². The number of amides is 1. The number of rotatable bonds is 11. The van der Waals surface area contributed by atoms with E-state index in [9.17, 15) is 4.79 Å². The second-order valence-electron chi connectivity index (χ2n) is 12.8. The molecular formula is C40H42N6O. The highest BCUT2D eigenvalue weighted by Crippen LogP contribution is 2.29. The van der Waals surface area contributed by atoms with E-state index in [0.29, 0.717) is 19.1 Å². The van der Waals surface area contributed by atoms with Crippen LogP contribution >= 0.6 is 0 Å². The van der Waals surface area contributed by atoms with Gasteiger partial charge in [-0.1, -0.05) is 60.2 Å². The molecule has 2 fully saturated rings. The van der Waals surface area contributed by atoms with Gasteiger partial charge in [-0.2, -0.15) is 0 Å². The zero-order valence-electron chi connectivity index (χ0n) is 27.3. The Morgan fingerprint density at radius 1 is 0.915 bits per heavy atom. The molecule has 2 aliphatic rings. The Morgan fingerprint density at radius 2 is 1.68 bits per heavy atom. The highest BCUT2D eigenvalue weighted by molar-refractivity contribution is 5.94. The molecule has 0 radical (unpaired) electrons. The summed E-state index contributed by atoms with van der Waals surface area (Å²) in [5.74, 6) is 1.02. The summed E-state index contributed by atoms with van der Waals surface area (Å²) in [5.41, 5.74) is 9.28. The number of benzene rings is 2. The fourth-order valence-corrected chi connectivity index (χ4v) is 6.46. The molecule has 1 aliphatic heterocycles. The summed E-state index contributed by atoms with van der Waals surface area (Å²) in [6.45, 7) is 8.64. The maximum absolute atomic E-state index is 13.7. The fraction of sp³-hybridized carbons (Fsp3) is 0.300. The number of imidazole rings is 1. The number of carbonyl (C=O) groups is 1. The van der Waals surface area contributed by atoms with E-state index in [1.54, 1.807) is 12.4 Å². The summed E-state index contributed by atoms with van der Waals surface area (Å²) in [6, 6.07) is 25.3. The molecule has 0 atom stereocenters. The Bertz CT molecular complexity index is 1910. The molecule has 7 rings (SSSR count). The van der Waals surface area contributed by atoms with Gasteiger partial charge in [0.1, 0.15) is 11.3 Å². The number of likely N-dealkylation sites (tertiary alicyclic amines) is 1. The molecule has 238 valence electrons. The van der Waals surface area contributed by atoms with Gasteiger partial charge in [-0.05, 0) is 100 Å². The summed E-state index contributed by atoms with van der Waals surface area (Å²) in [7, 11) is 0. The number of carbonyl (C=O) groups excluding carboxylic acids is 1. The topological polar surface area (TPSA) is 67.2 Å². The van der Waals surface area contributed by atoms with Gasteiger partial charge in [0, 0.05) is 43.0 Å². The third-order valence-electron chi connectivity index (χ3n) is 9.28. The van der Waals surface area contributed by atoms with Crippen LogP contribution < -0.4 is 0 Å². The normalized spacial score (nSPS) is 15.6. The number of nitrogens with zero attached hydrogens (tertiary/aromatic N) is 6. The minimum absolute atomic E-state index is 0.0762. The van der Waals surface area contributed by atoms with Gasteiger partial charge in [-0.25, -0.2) is 9.97 Å². The largest absolute Gasteiger partial charge is 0.332 e. The van der Waals surface area contributed by atoms with Crippen molar-refractivity contribution in [3.63, 3.8) is 0 Å². The molecule has 3 aromatic heterocycles. The van der Waals surface area contributed by atoms with Crippen LogP contribution in [0.4, 0.5) is 0 Å². The van der Waals surface area contributed by atoms with Crippen LogP contribution in [0.1, 0.15) is 69.9 Å². The van der Waals surface area contributed by atoms with Crippen molar-refractivity contribution in [2.24, 2.45) is 0 Å². The Morgan fingerprint density at radius 3 is 2.45 bits per heavy atom. The van der Waals surface area contributed by atoms with E-state index in [0.717, 1.165) is 71.8 Å². The Kier molecular flexibility index (Phi) is 9.07. The average molecular weight is 623 g/mol. The lowest BCUT2D eigenvalue weighted by molar-refractivity contribution is 0.0763. The van der Waals surface area contributed by atoms with Gasteiger partial charge in [0.2, 0.25) is 0 Å². The van der Waals surface area contributed by atoms with Crippen molar-refractivity contribution in [1.29, 1.82) is 0 Å². The van der Waals surface area contributed by atoms with E-state index in [4.69, 9.17) is 4.98 Å². The van der Waals surface area contributed by atoms with Crippen LogP contribution in [0.25, 0.3) is 22.7 Å². The van der Waals surface area contributed by atoms with Crippen molar-refractivity contribution in [3.05, 3.63) is 137 Å². The van der Waals surface area contributed by atoms with Crippen LogP contribution in [0.5, 0.6) is 0 Å². The number of aromatic nitrogens is 4. The Hall–Kier alpha value is -4.88. The highest BCUT2D eigenvalue weighted by atomic mass is 16.2. The minimum atomic E-state index is 0.0762. The van der Waals surface area contributed by atoms with Crippen molar-refractivity contribution < 1.29 is 4.79 Å². The minimum Gasteiger partial charge on any atom is -0.332 e. The molecule has 0 bridgehead atoms. The van der Waals surface area contributed by atoms with E-state index < -0.39 is 0 Å². The second kappa shape index (κ2) is 13.9. The van der Waals surface area contributed by atoms with Gasteiger partial charge in [0.25, 0.3) is 5.91 Å². The standard InChI is InChI=1S/C40H42N6O/c1-29-10-14-32(15-11-29)36(21-26-44-23-3-4-24-44)37-9-5-7-34(43-37)8-6-25-45(35-18-19-35)40(47)33-16-12-31(13-17-33)28-46-30(2)42-38-27-41-22-20-39(38)46/h5-17,20-22,27,35H,3-4,18-19,23-26,28H2,1-2H3/b8-6+,36-21+. The highest BCUT2D eigenvalue weighted by Gasteiger charge is 2.32. The molecule has 0 unspecified atom stereocenters. The molecule has 4 heterocycles. The summed E-state index contributed by atoms with van der Waals surface area (Å²) >= 11 is 0. The van der Waals surface area contributed by atoms with Crippen LogP contribution in [0.2, 0.25) is 0 Å². The zero-order valence-corrected chi connectivity index (χ0v) is 27.3. The van der Waals surface area contributed by atoms with E-state index in [1.807, 2.05) is 36.1 Å². The van der Waals surface area contributed by atoms with Gasteiger partial charge in [-0.3, -0.25) is 14.7 Å². The van der Waals surface area contributed by atoms with Crippen molar-refractivity contribution in [2.45, 2.75) is 52.1 Å². The molecule has 7 nitrogen and oxygen atoms in total. The predicted molar refractivity (Wildman–Crippen MR) is 189 cm³/mol. The first-order valence-corrected chi connectivity index (χ1v) is 16.8. The van der Waals surface area contributed by atoms with E-state index in [-0.39, 0.29) is 5.91 Å². The number of aryl methyl sites for hydroxylation is 2. The molecule has 5 aromatic rings. The SMILES string of the molecule is Cc1ccc(/C(=C\CN2CCCC2)c2cccc(/C=C/CN(C(=O)c3ccc(Cn4c(C)nc5cnccc54)cc3)C3CC3)n2)cc1. The first-order valence-electron chi connectivity index (χ1n) is 16.8. The average Bonchev–Trinajstić information content (AvgIpc) is 3.70. The summed E-state index contributed by atoms with van der Waals surface area (Å²) in [4.78, 5) is 32.1. The van der Waals surface area contributed by atoms with Crippen molar-refractivity contribution >= 4 is 28.6 Å². The monoisotopic (exact) mass is 622 g/mol. The first-order chi connectivity index (χ1) is 23.0. The molecule has 0 spiro atoms. The summed E-state index contributed by atoms with van der Waals surface area (Å²) in [5, 5.41) is 0. The van der Waals surface area contributed by atoms with Crippen LogP contribution in [-0.2, 0) is 6.54 Å². The summed E-state index contributed by atoms with van der Waals surface area (Å²) < 4.78 is 2.19. The predicted octanol–water partition coefficient (Wildman–Crippen LogP) is 7.34. The molecule has 2 aromatic carbocycles.